The first-order chi connectivity index (χ1) is 9.10. The Bertz CT molecular complexity index is 598. The highest BCUT2D eigenvalue weighted by molar-refractivity contribution is 6.34. The summed E-state index contributed by atoms with van der Waals surface area (Å²) >= 11 is 5.97. The molecule has 2 aromatic rings. The Morgan fingerprint density at radius 3 is 2.58 bits per heavy atom. The van der Waals surface area contributed by atoms with Crippen LogP contribution in [0.25, 0.3) is 0 Å². The summed E-state index contributed by atoms with van der Waals surface area (Å²) < 4.78 is 0. The van der Waals surface area contributed by atoms with E-state index in [-0.39, 0.29) is 5.91 Å². The molecule has 0 aromatic carbocycles. The monoisotopic (exact) mass is 276 g/mol. The molecule has 2 heterocycles. The van der Waals surface area contributed by atoms with Crippen molar-refractivity contribution in [3.05, 3.63) is 46.7 Å². The third kappa shape index (κ3) is 3.20. The molecule has 19 heavy (non-hydrogen) atoms. The number of hydrogen-bond donors (Lipinski definition) is 2. The van der Waals surface area contributed by atoms with Crippen molar-refractivity contribution in [3.63, 3.8) is 0 Å². The van der Waals surface area contributed by atoms with Gasteiger partial charge in [0.2, 0.25) is 0 Å². The summed E-state index contributed by atoms with van der Waals surface area (Å²) in [5.41, 5.74) is 1.38. The molecule has 0 unspecified atom stereocenters. The molecule has 0 atom stereocenters. The predicted molar refractivity (Wildman–Crippen MR) is 75.7 cm³/mol. The molecule has 98 valence electrons. The van der Waals surface area contributed by atoms with Crippen molar-refractivity contribution in [2.45, 2.75) is 6.92 Å². The van der Waals surface area contributed by atoms with Gasteiger partial charge >= 0.3 is 0 Å². The van der Waals surface area contributed by atoms with Crippen LogP contribution in [0.4, 0.5) is 11.6 Å². The minimum Gasteiger partial charge on any atom is -0.373 e. The van der Waals surface area contributed by atoms with Crippen LogP contribution in [0.15, 0.2) is 30.6 Å². The smallest absolute Gasteiger partial charge is 0.258 e. The summed E-state index contributed by atoms with van der Waals surface area (Å²) in [6.07, 6.45) is 3.12. The number of carbonyl (C=O) groups is 1. The van der Waals surface area contributed by atoms with Crippen molar-refractivity contribution in [2.75, 3.05) is 17.7 Å². The Labute approximate surface area is 116 Å². The molecule has 6 heteroatoms. The van der Waals surface area contributed by atoms with Gasteiger partial charge in [-0.25, -0.2) is 9.97 Å². The molecule has 0 saturated carbocycles. The van der Waals surface area contributed by atoms with E-state index >= 15 is 0 Å². The number of anilines is 2. The van der Waals surface area contributed by atoms with Gasteiger partial charge in [-0.3, -0.25) is 4.79 Å². The zero-order valence-electron chi connectivity index (χ0n) is 10.6. The summed E-state index contributed by atoms with van der Waals surface area (Å²) in [5, 5.41) is 5.84. The van der Waals surface area contributed by atoms with Crippen molar-refractivity contribution in [1.29, 1.82) is 0 Å². The molecular weight excluding hydrogens is 264 g/mol. The van der Waals surface area contributed by atoms with Crippen molar-refractivity contribution in [3.8, 4) is 0 Å². The molecule has 2 aromatic heterocycles. The summed E-state index contributed by atoms with van der Waals surface area (Å²) in [7, 11) is 1.72. The molecule has 0 saturated heterocycles. The Morgan fingerprint density at radius 1 is 1.21 bits per heavy atom. The molecule has 2 rings (SSSR count). The molecule has 0 aliphatic rings. The number of aromatic nitrogens is 2. The summed E-state index contributed by atoms with van der Waals surface area (Å²) in [6, 6.07) is 5.20. The first-order valence-corrected chi connectivity index (χ1v) is 6.05. The van der Waals surface area contributed by atoms with Crippen LogP contribution in [0, 0.1) is 6.92 Å². The highest BCUT2D eigenvalue weighted by Gasteiger charge is 2.12. The van der Waals surface area contributed by atoms with Crippen LogP contribution in [0.3, 0.4) is 0 Å². The number of rotatable bonds is 3. The zero-order valence-corrected chi connectivity index (χ0v) is 11.3. The molecular formula is C13H13ClN4O. The normalized spacial score (nSPS) is 10.1. The van der Waals surface area contributed by atoms with Crippen molar-refractivity contribution >= 4 is 29.1 Å². The van der Waals surface area contributed by atoms with Gasteiger partial charge < -0.3 is 10.6 Å². The van der Waals surface area contributed by atoms with Gasteiger partial charge in [-0.1, -0.05) is 17.7 Å². The number of halogens is 1. The first kappa shape index (κ1) is 13.3. The number of nitrogens with zero attached hydrogens (tertiary/aromatic N) is 2. The number of hydrogen-bond acceptors (Lipinski definition) is 4. The zero-order chi connectivity index (χ0) is 13.8. The predicted octanol–water partition coefficient (Wildman–Crippen LogP) is 2.73. The lowest BCUT2D eigenvalue weighted by atomic mass is 10.2. The van der Waals surface area contributed by atoms with Crippen molar-refractivity contribution in [1.82, 2.24) is 9.97 Å². The standard InChI is InChI=1S/C13H13ClN4O/c1-8-3-4-11(16-6-8)18-13(19)9-5-12(15-2)17-7-10(9)14/h3-7H,1-2H3,(H,15,17)(H,16,18,19). The molecule has 2 N–H and O–H groups in total. The van der Waals surface area contributed by atoms with Gasteiger partial charge in [0.15, 0.2) is 0 Å². The van der Waals surface area contributed by atoms with Crippen molar-refractivity contribution in [2.24, 2.45) is 0 Å². The molecule has 0 aliphatic heterocycles. The van der Waals surface area contributed by atoms with Crippen LogP contribution in [-0.2, 0) is 0 Å². The molecule has 0 spiro atoms. The number of aryl methyl sites for hydroxylation is 1. The second-order valence-corrected chi connectivity index (χ2v) is 4.38. The minimum atomic E-state index is -0.319. The van der Waals surface area contributed by atoms with E-state index in [1.165, 1.54) is 6.20 Å². The average Bonchev–Trinajstić information content (AvgIpc) is 2.42. The van der Waals surface area contributed by atoms with E-state index in [4.69, 9.17) is 11.6 Å². The van der Waals surface area contributed by atoms with Crippen molar-refractivity contribution < 1.29 is 4.79 Å². The molecule has 1 amide bonds. The molecule has 5 nitrogen and oxygen atoms in total. The highest BCUT2D eigenvalue weighted by Crippen LogP contribution is 2.19. The van der Waals surface area contributed by atoms with Gasteiger partial charge in [0, 0.05) is 19.4 Å². The van der Waals surface area contributed by atoms with Crippen LogP contribution >= 0.6 is 11.6 Å². The summed E-state index contributed by atoms with van der Waals surface area (Å²) in [6.45, 7) is 1.93. The van der Waals surface area contributed by atoms with E-state index in [0.717, 1.165) is 5.56 Å². The second kappa shape index (κ2) is 5.67. The number of amides is 1. The van der Waals surface area contributed by atoms with Gasteiger partial charge in [-0.05, 0) is 24.6 Å². The quantitative estimate of drug-likeness (QED) is 0.905. The molecule has 0 bridgehead atoms. The average molecular weight is 277 g/mol. The van der Waals surface area contributed by atoms with Crippen LogP contribution in [-0.4, -0.2) is 22.9 Å². The number of pyridine rings is 2. The van der Waals surface area contributed by atoms with E-state index in [1.807, 2.05) is 13.0 Å². The largest absolute Gasteiger partial charge is 0.373 e. The van der Waals surface area contributed by atoms with E-state index in [1.54, 1.807) is 25.4 Å². The lowest BCUT2D eigenvalue weighted by molar-refractivity contribution is 0.102. The van der Waals surface area contributed by atoms with E-state index in [9.17, 15) is 4.79 Å². The van der Waals surface area contributed by atoms with Gasteiger partial charge in [0.05, 0.1) is 10.6 Å². The Hall–Kier alpha value is -2.14. The maximum atomic E-state index is 12.1. The molecule has 0 aliphatic carbocycles. The summed E-state index contributed by atoms with van der Waals surface area (Å²) in [4.78, 5) is 20.2. The number of carbonyl (C=O) groups excluding carboxylic acids is 1. The van der Waals surface area contributed by atoms with Gasteiger partial charge in [-0.2, -0.15) is 0 Å². The second-order valence-electron chi connectivity index (χ2n) is 3.97. The first-order valence-electron chi connectivity index (χ1n) is 5.67. The number of nitrogens with one attached hydrogen (secondary N) is 2. The maximum Gasteiger partial charge on any atom is 0.258 e. The third-order valence-corrected chi connectivity index (χ3v) is 2.81. The van der Waals surface area contributed by atoms with Crippen LogP contribution in [0.1, 0.15) is 15.9 Å². The fraction of sp³-hybridized carbons (Fsp3) is 0.154. The fourth-order valence-corrected chi connectivity index (χ4v) is 1.66. The van der Waals surface area contributed by atoms with Crippen LogP contribution < -0.4 is 10.6 Å². The lowest BCUT2D eigenvalue weighted by Crippen LogP contribution is -2.14. The molecule has 0 fully saturated rings. The Morgan fingerprint density at radius 2 is 1.95 bits per heavy atom. The SMILES string of the molecule is CNc1cc(C(=O)Nc2ccc(C)cn2)c(Cl)cn1. The Kier molecular flexibility index (Phi) is 3.97. The van der Waals surface area contributed by atoms with E-state index in [2.05, 4.69) is 20.6 Å². The lowest BCUT2D eigenvalue weighted by Gasteiger charge is -2.07. The summed E-state index contributed by atoms with van der Waals surface area (Å²) in [5.74, 6) is 0.737. The van der Waals surface area contributed by atoms with E-state index in [0.29, 0.717) is 22.2 Å². The van der Waals surface area contributed by atoms with Gasteiger partial charge in [0.25, 0.3) is 5.91 Å². The maximum absolute atomic E-state index is 12.1. The van der Waals surface area contributed by atoms with Crippen LogP contribution in [0.5, 0.6) is 0 Å². The molecule has 0 radical (unpaired) electrons. The van der Waals surface area contributed by atoms with Gasteiger partial charge in [-0.15, -0.1) is 0 Å². The van der Waals surface area contributed by atoms with Gasteiger partial charge in [0.1, 0.15) is 11.6 Å². The minimum absolute atomic E-state index is 0.295. The van der Waals surface area contributed by atoms with E-state index < -0.39 is 0 Å². The Balaban J connectivity index is 2.22. The van der Waals surface area contributed by atoms with Crippen LogP contribution in [0.2, 0.25) is 5.02 Å². The highest BCUT2D eigenvalue weighted by atomic mass is 35.5. The third-order valence-electron chi connectivity index (χ3n) is 2.51. The fourth-order valence-electron chi connectivity index (χ4n) is 1.47. The topological polar surface area (TPSA) is 66.9 Å².